The predicted molar refractivity (Wildman–Crippen MR) is 324 cm³/mol. The van der Waals surface area contributed by atoms with Gasteiger partial charge in [0.05, 0.1) is 25.4 Å². The molecule has 0 aromatic heterocycles. The molecule has 1 aliphatic heterocycles. The van der Waals surface area contributed by atoms with Crippen molar-refractivity contribution in [3.8, 4) is 0 Å². The molecule has 0 spiro atoms. The molecular formula is C67H113NO10. The molecule has 6 N–H and O–H groups in total. The van der Waals surface area contributed by atoms with Gasteiger partial charge in [-0.1, -0.05) is 252 Å². The van der Waals surface area contributed by atoms with Gasteiger partial charge >= 0.3 is 5.97 Å². The topological polar surface area (TPSA) is 175 Å². The van der Waals surface area contributed by atoms with Gasteiger partial charge in [0.1, 0.15) is 24.4 Å². The zero-order chi connectivity index (χ0) is 56.8. The van der Waals surface area contributed by atoms with Gasteiger partial charge in [-0.2, -0.15) is 0 Å². The number of nitrogens with one attached hydrogen (secondary N) is 1. The lowest BCUT2D eigenvalue weighted by atomic mass is 9.99. The minimum Gasteiger partial charge on any atom is -0.454 e. The standard InChI is InChI=1S/C67H113NO10/c1-4-7-10-13-16-19-22-25-27-28-29-30-31-32-33-35-36-39-42-45-48-51-54-60(71)66(75)68-58(59(70)53-50-47-44-41-38-24-21-18-15-12-9-6-3)57-76-67-65(64(74)63(73)61(56-69)77-67)78-62(72)55-52-49-46-43-40-37-34-26-23-20-17-14-11-8-5-2/h8,11,14,16-17,19-20,23,25-27,29-30,32-34,50,53,58-61,63-65,67,69-71,73-74H,4-7,9-10,12-13,15,18,21-22,24,28,31,35-49,51-52,54-57H2,1-3H3,(H,68,75)/b11-8+,17-14+,19-16-,23-20+,27-25-,30-29-,33-32-,34-26-,53-50+. The molecule has 11 heteroatoms. The lowest BCUT2D eigenvalue weighted by Crippen LogP contribution is -2.61. The van der Waals surface area contributed by atoms with Crippen LogP contribution in [0.25, 0.3) is 0 Å². The van der Waals surface area contributed by atoms with Crippen LogP contribution in [0.4, 0.5) is 0 Å². The second-order valence-corrected chi connectivity index (χ2v) is 21.1. The largest absolute Gasteiger partial charge is 0.454 e. The molecule has 0 radical (unpaired) electrons. The average Bonchev–Trinajstić information content (AvgIpc) is 3.45. The summed E-state index contributed by atoms with van der Waals surface area (Å²) < 4.78 is 17.6. The number of hydrogen-bond acceptors (Lipinski definition) is 10. The van der Waals surface area contributed by atoms with Crippen LogP contribution in [0.5, 0.6) is 0 Å². The summed E-state index contributed by atoms with van der Waals surface area (Å²) in [5, 5.41) is 57.0. The van der Waals surface area contributed by atoms with Crippen molar-refractivity contribution < 1.29 is 49.3 Å². The highest BCUT2D eigenvalue weighted by molar-refractivity contribution is 5.80. The second-order valence-electron chi connectivity index (χ2n) is 21.1. The van der Waals surface area contributed by atoms with Crippen LogP contribution in [-0.4, -0.2) is 99.6 Å². The monoisotopic (exact) mass is 1090 g/mol. The third-order valence-corrected chi connectivity index (χ3v) is 14.0. The molecule has 1 fully saturated rings. The van der Waals surface area contributed by atoms with E-state index < -0.39 is 67.4 Å². The van der Waals surface area contributed by atoms with E-state index in [2.05, 4.69) is 86.8 Å². The first-order valence-electron chi connectivity index (χ1n) is 31.2. The normalized spacial score (nSPS) is 19.7. The smallest absolute Gasteiger partial charge is 0.306 e. The fourth-order valence-electron chi connectivity index (χ4n) is 9.06. The van der Waals surface area contributed by atoms with Crippen LogP contribution in [-0.2, 0) is 23.8 Å². The number of esters is 1. The zero-order valence-corrected chi connectivity index (χ0v) is 49.2. The maximum atomic E-state index is 13.4. The third-order valence-electron chi connectivity index (χ3n) is 14.0. The minimum absolute atomic E-state index is 0.0903. The molecule has 1 amide bonds. The molecule has 0 aliphatic carbocycles. The fourth-order valence-corrected chi connectivity index (χ4v) is 9.06. The van der Waals surface area contributed by atoms with E-state index in [0.29, 0.717) is 12.8 Å². The summed E-state index contributed by atoms with van der Waals surface area (Å²) in [6.07, 6.45) is 62.6. The Balaban J connectivity index is 2.69. The first-order chi connectivity index (χ1) is 38.2. The number of rotatable bonds is 51. The average molecular weight is 1090 g/mol. The molecule has 1 rings (SSSR count). The number of aliphatic hydroxyl groups excluding tert-OH is 5. The van der Waals surface area contributed by atoms with Crippen LogP contribution >= 0.6 is 0 Å². The number of ether oxygens (including phenoxy) is 3. The van der Waals surface area contributed by atoms with E-state index in [4.69, 9.17) is 14.2 Å². The van der Waals surface area contributed by atoms with Gasteiger partial charge in [-0.3, -0.25) is 9.59 Å². The maximum Gasteiger partial charge on any atom is 0.306 e. The highest BCUT2D eigenvalue weighted by Gasteiger charge is 2.47. The van der Waals surface area contributed by atoms with Gasteiger partial charge in [0.15, 0.2) is 12.4 Å². The summed E-state index contributed by atoms with van der Waals surface area (Å²) in [6, 6.07) is -1.04. The van der Waals surface area contributed by atoms with Crippen molar-refractivity contribution in [2.75, 3.05) is 13.2 Å². The highest BCUT2D eigenvalue weighted by atomic mass is 16.7. The summed E-state index contributed by atoms with van der Waals surface area (Å²) in [4.78, 5) is 26.5. The number of allylic oxidation sites excluding steroid dienone is 17. The van der Waals surface area contributed by atoms with E-state index in [1.165, 1.54) is 70.6 Å². The number of carbonyl (C=O) groups is 2. The lowest BCUT2D eigenvalue weighted by Gasteiger charge is -2.41. The Morgan fingerprint density at radius 1 is 0.526 bits per heavy atom. The van der Waals surface area contributed by atoms with Gasteiger partial charge in [0.2, 0.25) is 5.91 Å². The number of hydrogen-bond donors (Lipinski definition) is 6. The molecule has 446 valence electrons. The SMILES string of the molecule is CC/C=C/C=C/C=C/C=C\CCCCCCCC(=O)OC1C(OCC(NC(=O)C(O)CCCCCCCC/C=C\C/C=C\C/C=C\C/C=C\CCCCC)C(O)/C=C/CCCCCCCCCCCC)OC(CO)C(O)C1O. The molecule has 0 saturated carbocycles. The number of aliphatic hydroxyl groups is 5. The quantitative estimate of drug-likeness (QED) is 0.0149. The van der Waals surface area contributed by atoms with Gasteiger partial charge < -0.3 is 45.1 Å². The van der Waals surface area contributed by atoms with E-state index in [1.807, 2.05) is 42.5 Å². The Labute approximate surface area is 475 Å². The molecule has 1 aliphatic rings. The molecule has 8 atom stereocenters. The van der Waals surface area contributed by atoms with Gasteiger partial charge in [-0.25, -0.2) is 0 Å². The van der Waals surface area contributed by atoms with E-state index in [9.17, 15) is 35.1 Å². The summed E-state index contributed by atoms with van der Waals surface area (Å²) in [7, 11) is 0. The van der Waals surface area contributed by atoms with Gasteiger partial charge in [-0.05, 0) is 89.9 Å². The maximum absolute atomic E-state index is 13.4. The minimum atomic E-state index is -1.63. The number of unbranched alkanes of at least 4 members (excludes halogenated alkanes) is 24. The molecule has 0 aromatic rings. The summed E-state index contributed by atoms with van der Waals surface area (Å²) in [5.41, 5.74) is 0. The van der Waals surface area contributed by atoms with Gasteiger partial charge in [0, 0.05) is 6.42 Å². The lowest BCUT2D eigenvalue weighted by molar-refractivity contribution is -0.305. The molecule has 1 saturated heterocycles. The highest BCUT2D eigenvalue weighted by Crippen LogP contribution is 2.26. The first-order valence-corrected chi connectivity index (χ1v) is 31.2. The Bertz CT molecular complexity index is 1680. The number of amides is 1. The van der Waals surface area contributed by atoms with Crippen LogP contribution in [0.3, 0.4) is 0 Å². The first kappa shape index (κ1) is 72.3. The molecule has 0 bridgehead atoms. The van der Waals surface area contributed by atoms with Crippen molar-refractivity contribution in [3.05, 3.63) is 109 Å². The van der Waals surface area contributed by atoms with Crippen molar-refractivity contribution in [2.45, 2.75) is 288 Å². The molecule has 11 nitrogen and oxygen atoms in total. The molecular weight excluding hydrogens is 979 g/mol. The van der Waals surface area contributed by atoms with Crippen molar-refractivity contribution >= 4 is 11.9 Å². The van der Waals surface area contributed by atoms with E-state index in [-0.39, 0.29) is 19.4 Å². The van der Waals surface area contributed by atoms with Gasteiger partial charge in [-0.15, -0.1) is 0 Å². The Morgan fingerprint density at radius 3 is 1.53 bits per heavy atom. The van der Waals surface area contributed by atoms with Crippen LogP contribution in [0.2, 0.25) is 0 Å². The third kappa shape index (κ3) is 41.3. The van der Waals surface area contributed by atoms with Crippen LogP contribution in [0.1, 0.15) is 239 Å². The van der Waals surface area contributed by atoms with E-state index >= 15 is 0 Å². The van der Waals surface area contributed by atoms with E-state index in [1.54, 1.807) is 6.08 Å². The van der Waals surface area contributed by atoms with Crippen LogP contribution < -0.4 is 5.32 Å². The molecule has 78 heavy (non-hydrogen) atoms. The Hall–Kier alpha value is -3.68. The second kappa shape index (κ2) is 53.9. The Kier molecular flexibility index (Phi) is 50.0. The molecule has 0 aromatic carbocycles. The number of carbonyl (C=O) groups excluding carboxylic acids is 2. The van der Waals surface area contributed by atoms with Crippen molar-refractivity contribution in [2.24, 2.45) is 0 Å². The fraction of sp³-hybridized carbons (Fsp3) is 0.701. The summed E-state index contributed by atoms with van der Waals surface area (Å²) in [6.45, 7) is 5.59. The van der Waals surface area contributed by atoms with E-state index in [0.717, 1.165) is 122 Å². The van der Waals surface area contributed by atoms with Crippen molar-refractivity contribution in [3.63, 3.8) is 0 Å². The van der Waals surface area contributed by atoms with Crippen LogP contribution in [0, 0.1) is 0 Å². The van der Waals surface area contributed by atoms with Crippen molar-refractivity contribution in [1.29, 1.82) is 0 Å². The summed E-state index contributed by atoms with van der Waals surface area (Å²) >= 11 is 0. The Morgan fingerprint density at radius 2 is 0.974 bits per heavy atom. The van der Waals surface area contributed by atoms with Crippen molar-refractivity contribution in [1.82, 2.24) is 5.32 Å². The summed E-state index contributed by atoms with van der Waals surface area (Å²) in [5.74, 6) is -1.24. The molecule has 1 heterocycles. The zero-order valence-electron chi connectivity index (χ0n) is 49.2. The van der Waals surface area contributed by atoms with Gasteiger partial charge in [0.25, 0.3) is 0 Å². The van der Waals surface area contributed by atoms with Crippen LogP contribution in [0.15, 0.2) is 109 Å². The molecule has 8 unspecified atom stereocenters. The predicted octanol–water partition coefficient (Wildman–Crippen LogP) is 14.9.